The van der Waals surface area contributed by atoms with Gasteiger partial charge in [-0.15, -0.1) is 0 Å². The number of rotatable bonds is 3. The van der Waals surface area contributed by atoms with Crippen LogP contribution in [0.5, 0.6) is 0 Å². The lowest BCUT2D eigenvalue weighted by Gasteiger charge is -2.05. The third-order valence-corrected chi connectivity index (χ3v) is 2.84. The zero-order valence-electron chi connectivity index (χ0n) is 9.60. The molecule has 2 rings (SSSR count). The molecule has 1 unspecified atom stereocenters. The Morgan fingerprint density at radius 1 is 1.29 bits per heavy atom. The topological polar surface area (TPSA) is 51.8 Å². The van der Waals surface area contributed by atoms with Gasteiger partial charge in [-0.25, -0.2) is 9.97 Å². The number of benzene rings is 1. The van der Waals surface area contributed by atoms with Gasteiger partial charge in [0.25, 0.3) is 0 Å². The summed E-state index contributed by atoms with van der Waals surface area (Å²) in [5.41, 5.74) is 7.81. The van der Waals surface area contributed by atoms with Crippen LogP contribution in [0.2, 0.25) is 0 Å². The third kappa shape index (κ3) is 3.35. The van der Waals surface area contributed by atoms with Crippen LogP contribution in [0.1, 0.15) is 12.5 Å². The second-order valence-electron chi connectivity index (χ2n) is 4.11. The van der Waals surface area contributed by atoms with Crippen LogP contribution in [0.3, 0.4) is 0 Å². The van der Waals surface area contributed by atoms with Gasteiger partial charge in [-0.1, -0.05) is 28.1 Å². The Bertz CT molecular complexity index is 494. The molecule has 0 spiro atoms. The average Bonchev–Trinajstić information content (AvgIpc) is 2.29. The van der Waals surface area contributed by atoms with Crippen LogP contribution in [-0.4, -0.2) is 16.0 Å². The van der Waals surface area contributed by atoms with Gasteiger partial charge in [0.15, 0.2) is 5.82 Å². The molecule has 1 heterocycles. The largest absolute Gasteiger partial charge is 0.328 e. The molecule has 0 aliphatic heterocycles. The van der Waals surface area contributed by atoms with Crippen molar-refractivity contribution < 1.29 is 0 Å². The van der Waals surface area contributed by atoms with E-state index in [0.29, 0.717) is 0 Å². The third-order valence-electron chi connectivity index (χ3n) is 2.35. The average molecular weight is 292 g/mol. The molecule has 1 atom stereocenters. The van der Waals surface area contributed by atoms with E-state index < -0.39 is 0 Å². The normalized spacial score (nSPS) is 12.4. The Kier molecular flexibility index (Phi) is 3.86. The van der Waals surface area contributed by atoms with Gasteiger partial charge in [0.05, 0.1) is 0 Å². The number of aromatic nitrogens is 2. The van der Waals surface area contributed by atoms with Gasteiger partial charge in [0, 0.05) is 28.5 Å². The maximum absolute atomic E-state index is 5.73. The highest BCUT2D eigenvalue weighted by molar-refractivity contribution is 9.10. The lowest BCUT2D eigenvalue weighted by Crippen LogP contribution is -2.18. The molecule has 3 nitrogen and oxygen atoms in total. The summed E-state index contributed by atoms with van der Waals surface area (Å²) in [4.78, 5) is 8.71. The number of hydrogen-bond acceptors (Lipinski definition) is 3. The van der Waals surface area contributed by atoms with Crippen molar-refractivity contribution >= 4 is 15.9 Å². The van der Waals surface area contributed by atoms with Crippen LogP contribution in [0.25, 0.3) is 11.4 Å². The maximum atomic E-state index is 5.73. The Labute approximate surface area is 109 Å². The maximum Gasteiger partial charge on any atom is 0.159 e. The highest BCUT2D eigenvalue weighted by atomic mass is 79.9. The van der Waals surface area contributed by atoms with Crippen molar-refractivity contribution in [3.05, 3.63) is 46.7 Å². The Hall–Kier alpha value is -1.26. The van der Waals surface area contributed by atoms with Crippen LogP contribution < -0.4 is 5.73 Å². The Morgan fingerprint density at radius 3 is 2.59 bits per heavy atom. The first-order valence-electron chi connectivity index (χ1n) is 5.47. The van der Waals surface area contributed by atoms with E-state index in [4.69, 9.17) is 5.73 Å². The summed E-state index contributed by atoms with van der Waals surface area (Å²) in [6, 6.07) is 8.08. The van der Waals surface area contributed by atoms with Crippen molar-refractivity contribution in [3.8, 4) is 11.4 Å². The van der Waals surface area contributed by atoms with E-state index in [1.165, 1.54) is 0 Å². The van der Waals surface area contributed by atoms with Crippen molar-refractivity contribution in [1.29, 1.82) is 0 Å². The fourth-order valence-electron chi connectivity index (χ4n) is 1.61. The summed E-state index contributed by atoms with van der Waals surface area (Å²) in [5, 5.41) is 0. The van der Waals surface area contributed by atoms with E-state index in [9.17, 15) is 0 Å². The first kappa shape index (κ1) is 12.2. The summed E-state index contributed by atoms with van der Waals surface area (Å²) in [5.74, 6) is 0.736. The van der Waals surface area contributed by atoms with Crippen molar-refractivity contribution in [2.24, 2.45) is 5.73 Å². The van der Waals surface area contributed by atoms with Crippen LogP contribution in [0.15, 0.2) is 41.1 Å². The fraction of sp³-hybridized carbons (Fsp3) is 0.231. The molecular formula is C13H14BrN3. The Balaban J connectivity index is 2.23. The number of nitrogens with zero attached hydrogens (tertiary/aromatic N) is 2. The predicted molar refractivity (Wildman–Crippen MR) is 72.5 cm³/mol. The van der Waals surface area contributed by atoms with Gasteiger partial charge in [-0.05, 0) is 31.0 Å². The molecule has 4 heteroatoms. The quantitative estimate of drug-likeness (QED) is 0.946. The minimum absolute atomic E-state index is 0.135. The highest BCUT2D eigenvalue weighted by Gasteiger charge is 2.03. The summed E-state index contributed by atoms with van der Waals surface area (Å²) >= 11 is 3.43. The molecular weight excluding hydrogens is 278 g/mol. The van der Waals surface area contributed by atoms with Gasteiger partial charge in [0.1, 0.15) is 0 Å². The second kappa shape index (κ2) is 5.38. The number of nitrogens with two attached hydrogens (primary N) is 1. The van der Waals surface area contributed by atoms with E-state index in [0.717, 1.165) is 27.8 Å². The molecule has 0 amide bonds. The van der Waals surface area contributed by atoms with E-state index >= 15 is 0 Å². The molecule has 88 valence electrons. The standard InChI is InChI=1S/C13H14BrN3/c1-9(15)5-10-7-16-13(17-8-10)11-3-2-4-12(14)6-11/h2-4,6-9H,5,15H2,1H3. The van der Waals surface area contributed by atoms with Crippen molar-refractivity contribution in [3.63, 3.8) is 0 Å². The SMILES string of the molecule is CC(N)Cc1cnc(-c2cccc(Br)c2)nc1. The molecule has 0 radical (unpaired) electrons. The Morgan fingerprint density at radius 2 is 2.00 bits per heavy atom. The zero-order chi connectivity index (χ0) is 12.3. The van der Waals surface area contributed by atoms with Crippen molar-refractivity contribution in [2.45, 2.75) is 19.4 Å². The minimum Gasteiger partial charge on any atom is -0.328 e. The van der Waals surface area contributed by atoms with Crippen LogP contribution in [0.4, 0.5) is 0 Å². The molecule has 0 fully saturated rings. The molecule has 1 aromatic heterocycles. The van der Waals surface area contributed by atoms with E-state index in [2.05, 4.69) is 25.9 Å². The molecule has 1 aromatic carbocycles. The van der Waals surface area contributed by atoms with Gasteiger partial charge in [-0.3, -0.25) is 0 Å². The van der Waals surface area contributed by atoms with E-state index in [-0.39, 0.29) is 6.04 Å². The summed E-state index contributed by atoms with van der Waals surface area (Å²) < 4.78 is 1.03. The van der Waals surface area contributed by atoms with E-state index in [1.807, 2.05) is 43.6 Å². The lowest BCUT2D eigenvalue weighted by molar-refractivity contribution is 0.732. The number of halogens is 1. The first-order chi connectivity index (χ1) is 8.15. The number of hydrogen-bond donors (Lipinski definition) is 1. The summed E-state index contributed by atoms with van der Waals surface area (Å²) in [6.45, 7) is 1.97. The van der Waals surface area contributed by atoms with Gasteiger partial charge in [-0.2, -0.15) is 0 Å². The van der Waals surface area contributed by atoms with Gasteiger partial charge in [0.2, 0.25) is 0 Å². The lowest BCUT2D eigenvalue weighted by atomic mass is 10.1. The molecule has 0 aliphatic rings. The fourth-order valence-corrected chi connectivity index (χ4v) is 2.01. The predicted octanol–water partition coefficient (Wildman–Crippen LogP) is 2.80. The van der Waals surface area contributed by atoms with E-state index in [1.54, 1.807) is 0 Å². The second-order valence-corrected chi connectivity index (χ2v) is 5.02. The monoisotopic (exact) mass is 291 g/mol. The first-order valence-corrected chi connectivity index (χ1v) is 6.27. The summed E-state index contributed by atoms with van der Waals surface area (Å²) in [6.07, 6.45) is 4.48. The zero-order valence-corrected chi connectivity index (χ0v) is 11.2. The van der Waals surface area contributed by atoms with Crippen molar-refractivity contribution in [1.82, 2.24) is 9.97 Å². The molecule has 17 heavy (non-hydrogen) atoms. The molecule has 0 saturated heterocycles. The smallest absolute Gasteiger partial charge is 0.159 e. The molecule has 0 aliphatic carbocycles. The van der Waals surface area contributed by atoms with Gasteiger partial charge < -0.3 is 5.73 Å². The highest BCUT2D eigenvalue weighted by Crippen LogP contribution is 2.19. The van der Waals surface area contributed by atoms with Crippen LogP contribution >= 0.6 is 15.9 Å². The molecule has 0 bridgehead atoms. The molecule has 0 saturated carbocycles. The summed E-state index contributed by atoms with van der Waals surface area (Å²) in [7, 11) is 0. The van der Waals surface area contributed by atoms with Crippen LogP contribution in [0, 0.1) is 0 Å². The minimum atomic E-state index is 0.135. The molecule has 2 N–H and O–H groups in total. The van der Waals surface area contributed by atoms with Crippen LogP contribution in [-0.2, 0) is 6.42 Å². The molecule has 2 aromatic rings. The van der Waals surface area contributed by atoms with Gasteiger partial charge >= 0.3 is 0 Å². The van der Waals surface area contributed by atoms with Crippen molar-refractivity contribution in [2.75, 3.05) is 0 Å².